The molecule has 1 aromatic rings. The molecule has 0 aliphatic carbocycles. The van der Waals surface area contributed by atoms with Crippen LogP contribution in [0.1, 0.15) is 23.5 Å². The monoisotopic (exact) mass is 185 g/mol. The van der Waals surface area contributed by atoms with Crippen LogP contribution in [0.2, 0.25) is 0 Å². The van der Waals surface area contributed by atoms with Gasteiger partial charge in [0.05, 0.1) is 18.2 Å². The minimum absolute atomic E-state index is 0.0233. The van der Waals surface area contributed by atoms with Crippen LogP contribution >= 0.6 is 11.3 Å². The third-order valence-electron chi connectivity index (χ3n) is 1.43. The van der Waals surface area contributed by atoms with E-state index in [2.05, 4.69) is 4.98 Å². The zero-order valence-electron chi connectivity index (χ0n) is 7.33. The smallest absolute Gasteiger partial charge is 0.273 e. The van der Waals surface area contributed by atoms with E-state index in [4.69, 9.17) is 4.74 Å². The first-order chi connectivity index (χ1) is 5.65. The zero-order chi connectivity index (χ0) is 9.14. The normalized spacial score (nSPS) is 10.3. The van der Waals surface area contributed by atoms with Crippen LogP contribution in [-0.4, -0.2) is 17.9 Å². The molecule has 0 spiro atoms. The molecule has 0 saturated heterocycles. The molecule has 0 atom stereocenters. The number of nitrogens with zero attached hydrogens (tertiary/aromatic N) is 1. The fourth-order valence-electron chi connectivity index (χ4n) is 0.751. The van der Waals surface area contributed by atoms with E-state index in [0.29, 0.717) is 10.1 Å². The second kappa shape index (κ2) is 3.67. The number of thiazole rings is 1. The minimum atomic E-state index is 0.0233. The second-order valence-electron chi connectivity index (χ2n) is 2.71. The Morgan fingerprint density at radius 1 is 1.67 bits per heavy atom. The molecular weight excluding hydrogens is 174 g/mol. The lowest BCUT2D eigenvalue weighted by Gasteiger charge is -1.97. The van der Waals surface area contributed by atoms with Gasteiger partial charge in [-0.3, -0.25) is 4.79 Å². The van der Waals surface area contributed by atoms with E-state index >= 15 is 0 Å². The van der Waals surface area contributed by atoms with E-state index in [1.165, 1.54) is 11.3 Å². The summed E-state index contributed by atoms with van der Waals surface area (Å²) in [7, 11) is 1.54. The lowest BCUT2D eigenvalue weighted by Crippen LogP contribution is -2.04. The molecule has 0 bridgehead atoms. The van der Waals surface area contributed by atoms with Crippen LogP contribution in [0.4, 0.5) is 0 Å². The molecule has 0 saturated carbocycles. The van der Waals surface area contributed by atoms with Crippen molar-refractivity contribution >= 4 is 17.1 Å². The van der Waals surface area contributed by atoms with Gasteiger partial charge in [-0.2, -0.15) is 0 Å². The number of ketones is 1. The van der Waals surface area contributed by atoms with Crippen molar-refractivity contribution in [2.24, 2.45) is 5.92 Å². The second-order valence-corrected chi connectivity index (χ2v) is 3.71. The van der Waals surface area contributed by atoms with Gasteiger partial charge in [-0.25, -0.2) is 4.98 Å². The van der Waals surface area contributed by atoms with Crippen LogP contribution in [0, 0.1) is 5.92 Å². The van der Waals surface area contributed by atoms with Crippen LogP contribution in [-0.2, 0) is 0 Å². The lowest BCUT2D eigenvalue weighted by molar-refractivity contribution is 0.0943. The number of aromatic nitrogens is 1. The number of rotatable bonds is 3. The van der Waals surface area contributed by atoms with Gasteiger partial charge < -0.3 is 4.74 Å². The van der Waals surface area contributed by atoms with Gasteiger partial charge in [0.1, 0.15) is 0 Å². The summed E-state index contributed by atoms with van der Waals surface area (Å²) in [6.07, 6.45) is 1.56. The van der Waals surface area contributed by atoms with Gasteiger partial charge in [0.15, 0.2) is 5.78 Å². The van der Waals surface area contributed by atoms with E-state index in [0.717, 1.165) is 0 Å². The molecule has 0 aliphatic heterocycles. The Hall–Kier alpha value is -0.900. The minimum Gasteiger partial charge on any atom is -0.473 e. The van der Waals surface area contributed by atoms with Crippen LogP contribution in [0.5, 0.6) is 5.19 Å². The summed E-state index contributed by atoms with van der Waals surface area (Å²) < 4.78 is 4.88. The van der Waals surface area contributed by atoms with E-state index in [1.54, 1.807) is 13.3 Å². The summed E-state index contributed by atoms with van der Waals surface area (Å²) >= 11 is 1.29. The van der Waals surface area contributed by atoms with Crippen LogP contribution < -0.4 is 4.74 Å². The van der Waals surface area contributed by atoms with Crippen molar-refractivity contribution in [3.63, 3.8) is 0 Å². The number of carbonyl (C=O) groups is 1. The molecule has 4 heteroatoms. The van der Waals surface area contributed by atoms with Gasteiger partial charge in [-0.1, -0.05) is 25.2 Å². The van der Waals surface area contributed by atoms with Gasteiger partial charge >= 0.3 is 0 Å². The van der Waals surface area contributed by atoms with E-state index in [9.17, 15) is 4.79 Å². The molecule has 3 nitrogen and oxygen atoms in total. The third kappa shape index (κ3) is 1.82. The summed E-state index contributed by atoms with van der Waals surface area (Å²) in [6, 6.07) is 0. The predicted octanol–water partition coefficient (Wildman–Crippen LogP) is 1.99. The molecule has 0 fully saturated rings. The fraction of sp³-hybridized carbons (Fsp3) is 0.500. The first-order valence-corrected chi connectivity index (χ1v) is 4.51. The standard InChI is InChI=1S/C8H11NO2S/c1-5(2)7(10)6-4-9-8(11-3)12-6/h4-5H,1-3H3. The van der Waals surface area contributed by atoms with Crippen molar-refractivity contribution < 1.29 is 9.53 Å². The Morgan fingerprint density at radius 2 is 2.33 bits per heavy atom. The molecule has 1 heterocycles. The molecule has 66 valence electrons. The Labute approximate surface area is 75.4 Å². The van der Waals surface area contributed by atoms with Crippen molar-refractivity contribution in [2.45, 2.75) is 13.8 Å². The predicted molar refractivity (Wildman–Crippen MR) is 47.8 cm³/mol. The maximum atomic E-state index is 11.4. The fourth-order valence-corrected chi connectivity index (χ4v) is 1.57. The maximum absolute atomic E-state index is 11.4. The van der Waals surface area contributed by atoms with Gasteiger partial charge in [-0.15, -0.1) is 0 Å². The molecule has 0 aromatic carbocycles. The molecule has 0 unspecified atom stereocenters. The number of Topliss-reactive ketones (excluding diaryl/α,β-unsaturated/α-hetero) is 1. The number of hydrogen-bond donors (Lipinski definition) is 0. The summed E-state index contributed by atoms with van der Waals surface area (Å²) in [5.41, 5.74) is 0. The molecule has 1 rings (SSSR count). The maximum Gasteiger partial charge on any atom is 0.273 e. The topological polar surface area (TPSA) is 39.2 Å². The van der Waals surface area contributed by atoms with E-state index in [1.807, 2.05) is 13.8 Å². The molecule has 0 radical (unpaired) electrons. The third-order valence-corrected chi connectivity index (χ3v) is 2.40. The largest absolute Gasteiger partial charge is 0.473 e. The number of carbonyl (C=O) groups excluding carboxylic acids is 1. The first kappa shape index (κ1) is 9.19. The quantitative estimate of drug-likeness (QED) is 0.676. The van der Waals surface area contributed by atoms with Crippen LogP contribution in [0.3, 0.4) is 0 Å². The summed E-state index contributed by atoms with van der Waals surface area (Å²) in [6.45, 7) is 3.74. The number of hydrogen-bond acceptors (Lipinski definition) is 4. The van der Waals surface area contributed by atoms with Crippen molar-refractivity contribution in [2.75, 3.05) is 7.11 Å². The zero-order valence-corrected chi connectivity index (χ0v) is 8.14. The van der Waals surface area contributed by atoms with Crippen molar-refractivity contribution in [3.8, 4) is 5.19 Å². The van der Waals surface area contributed by atoms with E-state index in [-0.39, 0.29) is 11.7 Å². The molecule has 0 N–H and O–H groups in total. The highest BCUT2D eigenvalue weighted by Gasteiger charge is 2.13. The molecule has 1 aromatic heterocycles. The van der Waals surface area contributed by atoms with Gasteiger partial charge in [0.2, 0.25) is 0 Å². The Balaban J connectivity index is 2.82. The average Bonchev–Trinajstić information content (AvgIpc) is 2.50. The molecular formula is C8H11NO2S. The number of methoxy groups -OCH3 is 1. The van der Waals surface area contributed by atoms with Gasteiger partial charge in [0.25, 0.3) is 5.19 Å². The highest BCUT2D eigenvalue weighted by molar-refractivity contribution is 7.15. The van der Waals surface area contributed by atoms with Gasteiger partial charge in [0, 0.05) is 5.92 Å². The molecule has 12 heavy (non-hydrogen) atoms. The van der Waals surface area contributed by atoms with Crippen molar-refractivity contribution in [1.29, 1.82) is 0 Å². The summed E-state index contributed by atoms with van der Waals surface area (Å²) in [5.74, 6) is 0.144. The van der Waals surface area contributed by atoms with Crippen LogP contribution in [0.15, 0.2) is 6.20 Å². The highest BCUT2D eigenvalue weighted by Crippen LogP contribution is 2.22. The Bertz CT molecular complexity index is 280. The average molecular weight is 185 g/mol. The highest BCUT2D eigenvalue weighted by atomic mass is 32.1. The first-order valence-electron chi connectivity index (χ1n) is 3.69. The van der Waals surface area contributed by atoms with E-state index < -0.39 is 0 Å². The Morgan fingerprint density at radius 3 is 2.75 bits per heavy atom. The SMILES string of the molecule is COc1ncc(C(=O)C(C)C)s1. The summed E-state index contributed by atoms with van der Waals surface area (Å²) in [5, 5.41) is 0.541. The van der Waals surface area contributed by atoms with Gasteiger partial charge in [-0.05, 0) is 0 Å². The number of ether oxygens (including phenoxy) is 1. The Kier molecular flexibility index (Phi) is 2.81. The molecule has 0 aliphatic rings. The molecule has 0 amide bonds. The lowest BCUT2D eigenvalue weighted by atomic mass is 10.1. The summed E-state index contributed by atoms with van der Waals surface area (Å²) in [4.78, 5) is 16.0. The van der Waals surface area contributed by atoms with Crippen LogP contribution in [0.25, 0.3) is 0 Å². The van der Waals surface area contributed by atoms with Crippen molar-refractivity contribution in [1.82, 2.24) is 4.98 Å². The van der Waals surface area contributed by atoms with Crippen molar-refractivity contribution in [3.05, 3.63) is 11.1 Å².